The zero-order valence-electron chi connectivity index (χ0n) is 15.2. The number of hydrogen-bond acceptors (Lipinski definition) is 2. The number of benzene rings is 1. The molecule has 0 spiro atoms. The minimum atomic E-state index is -0.533. The molecule has 1 aliphatic carbocycles. The third-order valence-corrected chi connectivity index (χ3v) is 5.61. The molecule has 1 N–H and O–H groups in total. The van der Waals surface area contributed by atoms with Crippen LogP contribution in [0.25, 0.3) is 6.08 Å². The van der Waals surface area contributed by atoms with E-state index in [9.17, 15) is 8.78 Å². The van der Waals surface area contributed by atoms with Gasteiger partial charge in [0.15, 0.2) is 0 Å². The Labute approximate surface area is 150 Å². The van der Waals surface area contributed by atoms with E-state index in [0.717, 1.165) is 30.8 Å². The Morgan fingerprint density at radius 1 is 1.16 bits per heavy atom. The van der Waals surface area contributed by atoms with Crippen LogP contribution in [0, 0.1) is 11.6 Å². The van der Waals surface area contributed by atoms with E-state index in [1.807, 2.05) is 6.92 Å². The molecule has 1 aliphatic heterocycles. The van der Waals surface area contributed by atoms with Gasteiger partial charge < -0.3 is 5.32 Å². The molecule has 1 aromatic carbocycles. The summed E-state index contributed by atoms with van der Waals surface area (Å²) >= 11 is 0. The zero-order chi connectivity index (χ0) is 17.6. The lowest BCUT2D eigenvalue weighted by Gasteiger charge is -2.35. The van der Waals surface area contributed by atoms with E-state index in [1.54, 1.807) is 6.08 Å². The zero-order valence-corrected chi connectivity index (χ0v) is 15.2. The number of halogens is 2. The molecule has 0 aromatic heterocycles. The van der Waals surface area contributed by atoms with Gasteiger partial charge in [-0.15, -0.1) is 0 Å². The third-order valence-electron chi connectivity index (χ3n) is 5.61. The van der Waals surface area contributed by atoms with Gasteiger partial charge in [-0.2, -0.15) is 0 Å². The summed E-state index contributed by atoms with van der Waals surface area (Å²) in [6.07, 6.45) is 11.3. The maximum atomic E-state index is 13.7. The molecule has 1 atom stereocenters. The van der Waals surface area contributed by atoms with Crippen LogP contribution in [0.1, 0.15) is 57.4 Å². The Morgan fingerprint density at radius 3 is 2.72 bits per heavy atom. The molecular formula is C21H30F2N2. The van der Waals surface area contributed by atoms with E-state index in [1.165, 1.54) is 63.6 Å². The summed E-state index contributed by atoms with van der Waals surface area (Å²) in [7, 11) is 0. The van der Waals surface area contributed by atoms with Gasteiger partial charge in [-0.1, -0.05) is 30.9 Å². The predicted molar refractivity (Wildman–Crippen MR) is 99.5 cm³/mol. The van der Waals surface area contributed by atoms with E-state index in [4.69, 9.17) is 0 Å². The fraction of sp³-hybridized carbons (Fsp3) is 0.619. The van der Waals surface area contributed by atoms with Crippen molar-refractivity contribution < 1.29 is 8.78 Å². The van der Waals surface area contributed by atoms with Crippen molar-refractivity contribution in [1.82, 2.24) is 10.2 Å². The van der Waals surface area contributed by atoms with Gasteiger partial charge in [0, 0.05) is 36.8 Å². The topological polar surface area (TPSA) is 15.3 Å². The first-order chi connectivity index (χ1) is 12.1. The van der Waals surface area contributed by atoms with Gasteiger partial charge in [-0.3, -0.25) is 4.90 Å². The average Bonchev–Trinajstić information content (AvgIpc) is 3.07. The number of rotatable bonds is 6. The second-order valence-corrected chi connectivity index (χ2v) is 7.61. The monoisotopic (exact) mass is 348 g/mol. The largest absolute Gasteiger partial charge is 0.311 e. The summed E-state index contributed by atoms with van der Waals surface area (Å²) in [6, 6.07) is 5.16. The van der Waals surface area contributed by atoms with Gasteiger partial charge in [0.05, 0.1) is 0 Å². The highest BCUT2D eigenvalue weighted by atomic mass is 19.1. The molecule has 3 rings (SSSR count). The minimum absolute atomic E-state index is 0.449. The molecule has 1 heterocycles. The number of nitrogens with zero attached hydrogens (tertiary/aromatic N) is 1. The highest BCUT2D eigenvalue weighted by Gasteiger charge is 2.30. The van der Waals surface area contributed by atoms with E-state index in [2.05, 4.69) is 10.2 Å². The summed E-state index contributed by atoms with van der Waals surface area (Å²) in [4.78, 5) is 2.73. The second-order valence-electron chi connectivity index (χ2n) is 7.61. The molecule has 1 aromatic rings. The Hall–Kier alpha value is -1.26. The highest BCUT2D eigenvalue weighted by molar-refractivity contribution is 5.53. The fourth-order valence-corrected chi connectivity index (χ4v) is 4.34. The van der Waals surface area contributed by atoms with Crippen LogP contribution in [0.15, 0.2) is 23.8 Å². The van der Waals surface area contributed by atoms with Crippen molar-refractivity contribution in [2.45, 2.75) is 64.0 Å². The maximum Gasteiger partial charge on any atom is 0.133 e. The summed E-state index contributed by atoms with van der Waals surface area (Å²) in [5.74, 6) is -1.03. The van der Waals surface area contributed by atoms with Crippen molar-refractivity contribution in [2.75, 3.05) is 19.6 Å². The van der Waals surface area contributed by atoms with Crippen LogP contribution in [-0.4, -0.2) is 36.6 Å². The fourth-order valence-electron chi connectivity index (χ4n) is 4.34. The molecule has 0 unspecified atom stereocenters. The Balaban J connectivity index is 1.48. The smallest absolute Gasteiger partial charge is 0.133 e. The van der Waals surface area contributed by atoms with Crippen LogP contribution in [0.3, 0.4) is 0 Å². The van der Waals surface area contributed by atoms with Crippen molar-refractivity contribution in [1.29, 1.82) is 0 Å². The third kappa shape index (κ3) is 5.11. The van der Waals surface area contributed by atoms with E-state index >= 15 is 0 Å². The Kier molecular flexibility index (Phi) is 6.60. The maximum absolute atomic E-state index is 13.7. The molecule has 1 saturated carbocycles. The predicted octanol–water partition coefficient (Wildman–Crippen LogP) is 4.75. The van der Waals surface area contributed by atoms with E-state index in [-0.39, 0.29) is 0 Å². The van der Waals surface area contributed by atoms with Crippen LogP contribution in [0.5, 0.6) is 0 Å². The molecule has 2 aliphatic rings. The molecule has 25 heavy (non-hydrogen) atoms. The number of hydrogen-bond donors (Lipinski definition) is 1. The lowest BCUT2D eigenvalue weighted by molar-refractivity contribution is 0.141. The first-order valence-corrected chi connectivity index (χ1v) is 9.72. The Bertz CT molecular complexity index is 594. The molecule has 1 saturated heterocycles. The van der Waals surface area contributed by atoms with Crippen LogP contribution in [0.2, 0.25) is 0 Å². The van der Waals surface area contributed by atoms with Crippen molar-refractivity contribution in [2.24, 2.45) is 0 Å². The summed E-state index contributed by atoms with van der Waals surface area (Å²) in [5.41, 5.74) is 1.51. The molecule has 0 bridgehead atoms. The van der Waals surface area contributed by atoms with Gasteiger partial charge in [0.25, 0.3) is 0 Å². The van der Waals surface area contributed by atoms with Crippen molar-refractivity contribution >= 4 is 6.08 Å². The summed E-state index contributed by atoms with van der Waals surface area (Å²) in [6.45, 7) is 4.97. The quantitative estimate of drug-likeness (QED) is 0.798. The first kappa shape index (κ1) is 18.5. The van der Waals surface area contributed by atoms with E-state index in [0.29, 0.717) is 11.6 Å². The van der Waals surface area contributed by atoms with Crippen LogP contribution in [0.4, 0.5) is 8.78 Å². The molecular weight excluding hydrogens is 318 g/mol. The van der Waals surface area contributed by atoms with Gasteiger partial charge >= 0.3 is 0 Å². The van der Waals surface area contributed by atoms with Crippen molar-refractivity contribution in [3.05, 3.63) is 41.0 Å². The SMILES string of the molecule is C/C(=C\c1ccc(F)cc1F)CNC[C@@H]1CCCN1C1CCCCC1. The van der Waals surface area contributed by atoms with Crippen LogP contribution < -0.4 is 5.32 Å². The summed E-state index contributed by atoms with van der Waals surface area (Å²) < 4.78 is 26.7. The normalized spacial score (nSPS) is 23.3. The number of likely N-dealkylation sites (tertiary alicyclic amines) is 1. The molecule has 4 heteroatoms. The average molecular weight is 348 g/mol. The lowest BCUT2D eigenvalue weighted by Crippen LogP contribution is -2.45. The first-order valence-electron chi connectivity index (χ1n) is 9.72. The summed E-state index contributed by atoms with van der Waals surface area (Å²) in [5, 5.41) is 3.54. The van der Waals surface area contributed by atoms with Gasteiger partial charge in [0.1, 0.15) is 11.6 Å². The standard InChI is InChI=1S/C21H30F2N2/c1-16(12-17-9-10-18(22)13-21(17)23)14-24-15-20-8-5-11-25(20)19-6-3-2-4-7-19/h9-10,12-13,19-20,24H,2-8,11,14-15H2,1H3/b16-12+/t20-/m0/s1. The van der Waals surface area contributed by atoms with Gasteiger partial charge in [0.2, 0.25) is 0 Å². The van der Waals surface area contributed by atoms with Crippen molar-refractivity contribution in [3.63, 3.8) is 0 Å². The molecule has 2 fully saturated rings. The van der Waals surface area contributed by atoms with Crippen LogP contribution >= 0.6 is 0 Å². The van der Waals surface area contributed by atoms with Gasteiger partial charge in [-0.05, 0) is 51.3 Å². The molecule has 0 radical (unpaired) electrons. The lowest BCUT2D eigenvalue weighted by atomic mass is 9.94. The second kappa shape index (κ2) is 8.91. The number of nitrogens with one attached hydrogen (secondary N) is 1. The van der Waals surface area contributed by atoms with Crippen molar-refractivity contribution in [3.8, 4) is 0 Å². The van der Waals surface area contributed by atoms with Gasteiger partial charge in [-0.25, -0.2) is 8.78 Å². The minimum Gasteiger partial charge on any atom is -0.311 e. The Morgan fingerprint density at radius 2 is 1.96 bits per heavy atom. The molecule has 0 amide bonds. The molecule has 138 valence electrons. The highest BCUT2D eigenvalue weighted by Crippen LogP contribution is 2.28. The van der Waals surface area contributed by atoms with Crippen LogP contribution in [-0.2, 0) is 0 Å². The van der Waals surface area contributed by atoms with E-state index < -0.39 is 11.6 Å². The molecule has 2 nitrogen and oxygen atoms in total.